The van der Waals surface area contributed by atoms with Crippen molar-refractivity contribution < 1.29 is 25.8 Å². The Morgan fingerprint density at radius 2 is 1.28 bits per heavy atom. The molecular formula is C59H53N4OPt-3. The molecular weight excluding hydrogens is 976 g/mol. The van der Waals surface area contributed by atoms with Crippen molar-refractivity contribution in [2.45, 2.75) is 73.1 Å². The molecule has 0 bridgehead atoms. The quantitative estimate of drug-likeness (QED) is 0.149. The molecule has 1 aliphatic rings. The van der Waals surface area contributed by atoms with Crippen LogP contribution in [-0.4, -0.2) is 9.55 Å². The number of rotatable bonds is 7. The molecule has 0 radical (unpaired) electrons. The molecule has 65 heavy (non-hydrogen) atoms. The summed E-state index contributed by atoms with van der Waals surface area (Å²) in [6.45, 7) is 22.3. The van der Waals surface area contributed by atoms with Gasteiger partial charge in [0.1, 0.15) is 5.82 Å². The van der Waals surface area contributed by atoms with Crippen molar-refractivity contribution in [2.75, 3.05) is 9.80 Å². The van der Waals surface area contributed by atoms with Gasteiger partial charge in [-0.15, -0.1) is 48.1 Å². The van der Waals surface area contributed by atoms with Crippen LogP contribution in [0.4, 0.5) is 22.7 Å². The van der Waals surface area contributed by atoms with Gasteiger partial charge < -0.3 is 19.1 Å². The van der Waals surface area contributed by atoms with Crippen molar-refractivity contribution in [1.29, 1.82) is 0 Å². The molecule has 7 aromatic carbocycles. The Hall–Kier alpha value is -6.42. The second kappa shape index (κ2) is 16.9. The first-order chi connectivity index (χ1) is 30.7. The van der Waals surface area contributed by atoms with Gasteiger partial charge in [0, 0.05) is 61.3 Å². The summed E-state index contributed by atoms with van der Waals surface area (Å²) in [4.78, 5) is 9.51. The number of benzene rings is 7. The Bertz CT molecular complexity index is 3220. The van der Waals surface area contributed by atoms with Crippen LogP contribution in [0.1, 0.15) is 69.4 Å². The van der Waals surface area contributed by atoms with Crippen LogP contribution in [0.15, 0.2) is 152 Å². The van der Waals surface area contributed by atoms with E-state index >= 15 is 0 Å². The van der Waals surface area contributed by atoms with Crippen LogP contribution >= 0.6 is 0 Å². The molecule has 0 amide bonds. The third-order valence-corrected chi connectivity index (χ3v) is 12.5. The first kappa shape index (κ1) is 43.8. The Morgan fingerprint density at radius 3 is 2.03 bits per heavy atom. The standard InChI is InChI=1S/C59H53N4O.Pt/c1-38-29-39(2)57(40(3)30-38)43-27-28-60-56(32-43)63-52-25-21-42(41-15-11-10-12-16-41)31-51(52)50-24-23-49(36-54(50)63)64-48-20-14-19-47(35-48)62-37-61(46-18-13-17-44(33-46)58(4,5)6)53-26-22-45(34-55(53)62)59(7,8)9;/h10-34,37H,1-9H3;/q-3;. The van der Waals surface area contributed by atoms with E-state index in [4.69, 9.17) is 9.72 Å². The third kappa shape index (κ3) is 8.28. The maximum Gasteiger partial charge on any atom is 0.136 e. The number of ether oxygens (including phenoxy) is 1. The number of nitrogens with zero attached hydrogens (tertiary/aromatic N) is 4. The predicted molar refractivity (Wildman–Crippen MR) is 267 cm³/mol. The van der Waals surface area contributed by atoms with Gasteiger partial charge in [-0.05, 0) is 124 Å². The maximum atomic E-state index is 6.73. The number of pyridine rings is 1. The fraction of sp³-hybridized carbons (Fsp3) is 0.186. The SMILES string of the molecule is Cc1cc(C)c(-c2ccnc(-n3c4[c-]c(Oc5[c-]c(N6[CH-]N(c7cccc(C(C)(C)C)c7)c7ccc(C(C)(C)C)cc76)ccc5)ccc4c4cc(-c5ccccc5)ccc43)c2)c(C)c1.[Pt]. The fourth-order valence-electron chi connectivity index (χ4n) is 9.26. The molecule has 328 valence electrons. The van der Waals surface area contributed by atoms with Crippen LogP contribution in [-0.2, 0) is 31.9 Å². The van der Waals surface area contributed by atoms with Crippen LogP contribution in [0.2, 0.25) is 0 Å². The summed E-state index contributed by atoms with van der Waals surface area (Å²) in [5.41, 5.74) is 17.1. The molecule has 3 heterocycles. The number of fused-ring (bicyclic) bond motifs is 4. The molecule has 0 saturated heterocycles. The Kier molecular flexibility index (Phi) is 11.4. The summed E-state index contributed by atoms with van der Waals surface area (Å²) in [6.07, 6.45) is 1.92. The monoisotopic (exact) mass is 1030 g/mol. The van der Waals surface area contributed by atoms with E-state index in [9.17, 15) is 0 Å². The maximum absolute atomic E-state index is 6.73. The minimum atomic E-state index is -0.0234. The van der Waals surface area contributed by atoms with Crippen molar-refractivity contribution in [3.63, 3.8) is 0 Å². The van der Waals surface area contributed by atoms with Gasteiger partial charge in [0.25, 0.3) is 0 Å². The Morgan fingerprint density at radius 1 is 0.554 bits per heavy atom. The van der Waals surface area contributed by atoms with Crippen LogP contribution in [0.5, 0.6) is 11.5 Å². The largest absolute Gasteiger partial charge is 0.509 e. The number of aromatic nitrogens is 2. The second-order valence-electron chi connectivity index (χ2n) is 19.3. The van der Waals surface area contributed by atoms with Gasteiger partial charge in [0.2, 0.25) is 0 Å². The van der Waals surface area contributed by atoms with Crippen LogP contribution in [0.25, 0.3) is 49.9 Å². The molecule has 0 fully saturated rings. The van der Waals surface area contributed by atoms with Crippen LogP contribution < -0.4 is 14.5 Å². The topological polar surface area (TPSA) is 33.5 Å². The zero-order valence-corrected chi connectivity index (χ0v) is 40.8. The van der Waals surface area contributed by atoms with E-state index in [0.29, 0.717) is 11.5 Å². The first-order valence-electron chi connectivity index (χ1n) is 22.2. The summed E-state index contributed by atoms with van der Waals surface area (Å²) in [5, 5.41) is 2.19. The van der Waals surface area contributed by atoms with Crippen molar-refractivity contribution >= 4 is 44.6 Å². The number of hydrogen-bond acceptors (Lipinski definition) is 4. The van der Waals surface area contributed by atoms with Gasteiger partial charge in [-0.1, -0.05) is 125 Å². The molecule has 0 N–H and O–H groups in total. The van der Waals surface area contributed by atoms with Crippen molar-refractivity contribution in [1.82, 2.24) is 9.55 Å². The smallest absolute Gasteiger partial charge is 0.136 e. The van der Waals surface area contributed by atoms with E-state index in [1.165, 1.54) is 38.9 Å². The molecule has 9 aromatic rings. The van der Waals surface area contributed by atoms with Gasteiger partial charge in [-0.2, -0.15) is 12.1 Å². The molecule has 5 nitrogen and oxygen atoms in total. The van der Waals surface area contributed by atoms with E-state index in [1.807, 2.05) is 24.4 Å². The van der Waals surface area contributed by atoms with E-state index in [1.54, 1.807) is 0 Å². The average Bonchev–Trinajstić information content (AvgIpc) is 3.81. The normalized spacial score (nSPS) is 12.8. The minimum Gasteiger partial charge on any atom is -0.509 e. The Balaban J connectivity index is 0.00000533. The van der Waals surface area contributed by atoms with Gasteiger partial charge in [0.05, 0.1) is 0 Å². The van der Waals surface area contributed by atoms with Gasteiger partial charge >= 0.3 is 0 Å². The first-order valence-corrected chi connectivity index (χ1v) is 22.2. The summed E-state index contributed by atoms with van der Waals surface area (Å²) in [6, 6.07) is 59.3. The summed E-state index contributed by atoms with van der Waals surface area (Å²) in [5.74, 6) is 2.01. The fourth-order valence-corrected chi connectivity index (χ4v) is 9.26. The number of hydrogen-bond donors (Lipinski definition) is 0. The molecule has 10 rings (SSSR count). The molecule has 1 aliphatic heterocycles. The molecule has 6 heteroatoms. The molecule has 0 atom stereocenters. The van der Waals surface area contributed by atoms with E-state index < -0.39 is 0 Å². The molecule has 0 aliphatic carbocycles. The van der Waals surface area contributed by atoms with Gasteiger partial charge in [-0.25, -0.2) is 4.98 Å². The van der Waals surface area contributed by atoms with Crippen LogP contribution in [0.3, 0.4) is 0 Å². The van der Waals surface area contributed by atoms with E-state index in [0.717, 1.165) is 61.5 Å². The third-order valence-electron chi connectivity index (χ3n) is 12.5. The zero-order valence-electron chi connectivity index (χ0n) is 38.5. The zero-order chi connectivity index (χ0) is 44.5. The minimum absolute atomic E-state index is 0. The van der Waals surface area contributed by atoms with E-state index in [2.05, 4.69) is 223 Å². The van der Waals surface area contributed by atoms with Crippen molar-refractivity contribution in [3.8, 4) is 39.6 Å². The molecule has 2 aromatic heterocycles. The van der Waals surface area contributed by atoms with Gasteiger partial charge in [0.15, 0.2) is 0 Å². The average molecular weight is 1030 g/mol. The van der Waals surface area contributed by atoms with Crippen molar-refractivity contribution in [3.05, 3.63) is 198 Å². The molecule has 0 spiro atoms. The summed E-state index contributed by atoms with van der Waals surface area (Å²) in [7, 11) is 0. The molecule has 0 unspecified atom stereocenters. The van der Waals surface area contributed by atoms with Crippen molar-refractivity contribution in [2.24, 2.45) is 0 Å². The second-order valence-corrected chi connectivity index (χ2v) is 19.3. The molecule has 0 saturated carbocycles. The summed E-state index contributed by atoms with van der Waals surface area (Å²) < 4.78 is 8.96. The number of anilines is 4. The van der Waals surface area contributed by atoms with E-state index in [-0.39, 0.29) is 31.9 Å². The Labute approximate surface area is 398 Å². The number of aryl methyl sites for hydroxylation is 3. The van der Waals surface area contributed by atoms with Gasteiger partial charge in [-0.3, -0.25) is 0 Å². The predicted octanol–water partition coefficient (Wildman–Crippen LogP) is 15.8. The van der Waals surface area contributed by atoms with Crippen LogP contribution in [0, 0.1) is 39.6 Å². The summed E-state index contributed by atoms with van der Waals surface area (Å²) >= 11 is 0.